The van der Waals surface area contributed by atoms with E-state index >= 15 is 0 Å². The van der Waals surface area contributed by atoms with Crippen LogP contribution < -0.4 is 5.32 Å². The summed E-state index contributed by atoms with van der Waals surface area (Å²) in [6.07, 6.45) is 4.41. The Morgan fingerprint density at radius 2 is 2.39 bits per heavy atom. The van der Waals surface area contributed by atoms with Crippen LogP contribution in [0.2, 0.25) is 0 Å². The fraction of sp³-hybridized carbons (Fsp3) is 0.786. The van der Waals surface area contributed by atoms with E-state index in [0.29, 0.717) is 12.1 Å². The molecule has 0 bridgehead atoms. The van der Waals surface area contributed by atoms with E-state index in [-0.39, 0.29) is 0 Å². The molecule has 1 N–H and O–H groups in total. The molecule has 18 heavy (non-hydrogen) atoms. The van der Waals surface area contributed by atoms with E-state index in [1.54, 1.807) is 11.3 Å². The van der Waals surface area contributed by atoms with Gasteiger partial charge in [0.2, 0.25) is 0 Å². The van der Waals surface area contributed by atoms with Crippen LogP contribution in [0.25, 0.3) is 0 Å². The van der Waals surface area contributed by atoms with Crippen LogP contribution in [0.15, 0.2) is 11.6 Å². The van der Waals surface area contributed by atoms with E-state index in [1.807, 2.05) is 6.20 Å². The Morgan fingerprint density at radius 1 is 1.56 bits per heavy atom. The summed E-state index contributed by atoms with van der Waals surface area (Å²) in [5.41, 5.74) is 0. The standard InChI is InChI=1S/C14H25N3S/c1-4-13(14-15-6-8-18-14)17-7-5-12(10-17)9-16-11(2)3/h6,8,11-13,16H,4-5,7,9-10H2,1-3H3. The van der Waals surface area contributed by atoms with Crippen LogP contribution in [0.3, 0.4) is 0 Å². The van der Waals surface area contributed by atoms with Crippen LogP contribution in [-0.4, -0.2) is 35.6 Å². The van der Waals surface area contributed by atoms with Crippen molar-refractivity contribution in [2.24, 2.45) is 5.92 Å². The molecule has 3 nitrogen and oxygen atoms in total. The van der Waals surface area contributed by atoms with Gasteiger partial charge in [0.05, 0.1) is 6.04 Å². The first kappa shape index (κ1) is 14.0. The van der Waals surface area contributed by atoms with Crippen LogP contribution in [-0.2, 0) is 0 Å². The quantitative estimate of drug-likeness (QED) is 0.859. The number of nitrogens with zero attached hydrogens (tertiary/aromatic N) is 2. The Balaban J connectivity index is 1.87. The van der Waals surface area contributed by atoms with Crippen LogP contribution in [0.1, 0.15) is 44.7 Å². The SMILES string of the molecule is CCC(c1nccs1)N1CCC(CNC(C)C)C1. The largest absolute Gasteiger partial charge is 0.314 e. The number of hydrogen-bond acceptors (Lipinski definition) is 4. The molecule has 2 unspecified atom stereocenters. The number of nitrogens with one attached hydrogen (secondary N) is 1. The van der Waals surface area contributed by atoms with Crippen molar-refractivity contribution in [3.63, 3.8) is 0 Å². The van der Waals surface area contributed by atoms with Crippen molar-refractivity contribution in [3.05, 3.63) is 16.6 Å². The fourth-order valence-corrected chi connectivity index (χ4v) is 3.56. The molecule has 0 amide bonds. The number of thiazole rings is 1. The van der Waals surface area contributed by atoms with E-state index in [2.05, 4.69) is 41.4 Å². The zero-order valence-corrected chi connectivity index (χ0v) is 12.5. The summed E-state index contributed by atoms with van der Waals surface area (Å²) in [6.45, 7) is 10.3. The maximum absolute atomic E-state index is 4.49. The van der Waals surface area contributed by atoms with Gasteiger partial charge in [0.15, 0.2) is 0 Å². The normalized spacial score (nSPS) is 22.8. The van der Waals surface area contributed by atoms with Gasteiger partial charge in [-0.1, -0.05) is 20.8 Å². The smallest absolute Gasteiger partial charge is 0.110 e. The van der Waals surface area contributed by atoms with Crippen molar-refractivity contribution in [2.45, 2.75) is 45.7 Å². The summed E-state index contributed by atoms with van der Waals surface area (Å²) in [7, 11) is 0. The molecular weight excluding hydrogens is 242 g/mol. The summed E-state index contributed by atoms with van der Waals surface area (Å²) >= 11 is 1.79. The Morgan fingerprint density at radius 3 is 3.00 bits per heavy atom. The minimum Gasteiger partial charge on any atom is -0.314 e. The second-order valence-corrected chi connectivity index (χ2v) is 6.43. The lowest BCUT2D eigenvalue weighted by Crippen LogP contribution is -2.31. The monoisotopic (exact) mass is 267 g/mol. The van der Waals surface area contributed by atoms with Crippen molar-refractivity contribution in [1.82, 2.24) is 15.2 Å². The molecule has 1 aromatic heterocycles. The summed E-state index contributed by atoms with van der Waals surface area (Å²) in [4.78, 5) is 7.11. The molecule has 0 aliphatic carbocycles. The molecule has 1 aliphatic rings. The minimum atomic E-state index is 0.536. The molecule has 4 heteroatoms. The van der Waals surface area contributed by atoms with Gasteiger partial charge in [-0.3, -0.25) is 4.90 Å². The summed E-state index contributed by atoms with van der Waals surface area (Å²) in [5.74, 6) is 0.807. The van der Waals surface area contributed by atoms with Crippen LogP contribution >= 0.6 is 11.3 Å². The summed E-state index contributed by atoms with van der Waals surface area (Å²) in [5, 5.41) is 6.94. The van der Waals surface area contributed by atoms with Gasteiger partial charge in [0.25, 0.3) is 0 Å². The summed E-state index contributed by atoms with van der Waals surface area (Å²) < 4.78 is 0. The van der Waals surface area contributed by atoms with Gasteiger partial charge in [0.1, 0.15) is 5.01 Å². The highest BCUT2D eigenvalue weighted by Gasteiger charge is 2.29. The van der Waals surface area contributed by atoms with Crippen molar-refractivity contribution in [1.29, 1.82) is 0 Å². The second-order valence-electron chi connectivity index (χ2n) is 5.51. The topological polar surface area (TPSA) is 28.2 Å². The third-order valence-corrected chi connectivity index (χ3v) is 4.57. The Labute approximate surface area is 115 Å². The fourth-order valence-electron chi connectivity index (χ4n) is 2.70. The summed E-state index contributed by atoms with van der Waals surface area (Å²) in [6, 6.07) is 1.13. The molecule has 2 heterocycles. The van der Waals surface area contributed by atoms with Gasteiger partial charge in [-0.15, -0.1) is 11.3 Å². The molecule has 0 radical (unpaired) electrons. The first-order valence-corrected chi connectivity index (χ1v) is 7.95. The highest BCUT2D eigenvalue weighted by molar-refractivity contribution is 7.09. The van der Waals surface area contributed by atoms with Gasteiger partial charge in [-0.2, -0.15) is 0 Å². The van der Waals surface area contributed by atoms with E-state index in [1.165, 1.54) is 24.5 Å². The highest BCUT2D eigenvalue weighted by atomic mass is 32.1. The average molecular weight is 267 g/mol. The Bertz CT molecular complexity index is 337. The van der Waals surface area contributed by atoms with Crippen molar-refractivity contribution < 1.29 is 0 Å². The van der Waals surface area contributed by atoms with Gasteiger partial charge < -0.3 is 5.32 Å². The van der Waals surface area contributed by atoms with E-state index in [9.17, 15) is 0 Å². The lowest BCUT2D eigenvalue weighted by atomic mass is 10.1. The van der Waals surface area contributed by atoms with E-state index in [4.69, 9.17) is 0 Å². The van der Waals surface area contributed by atoms with E-state index in [0.717, 1.165) is 18.9 Å². The predicted molar refractivity (Wildman–Crippen MR) is 78.0 cm³/mol. The number of hydrogen-bond donors (Lipinski definition) is 1. The molecule has 1 fully saturated rings. The van der Waals surface area contributed by atoms with Crippen molar-refractivity contribution >= 4 is 11.3 Å². The predicted octanol–water partition coefficient (Wildman–Crippen LogP) is 2.91. The van der Waals surface area contributed by atoms with Crippen LogP contribution in [0.5, 0.6) is 0 Å². The maximum Gasteiger partial charge on any atom is 0.110 e. The zero-order valence-electron chi connectivity index (χ0n) is 11.7. The lowest BCUT2D eigenvalue weighted by molar-refractivity contribution is 0.228. The van der Waals surface area contributed by atoms with Gasteiger partial charge in [-0.25, -0.2) is 4.98 Å². The minimum absolute atomic E-state index is 0.536. The second kappa shape index (κ2) is 6.64. The lowest BCUT2D eigenvalue weighted by Gasteiger charge is -2.25. The third-order valence-electron chi connectivity index (χ3n) is 3.70. The van der Waals surface area contributed by atoms with Gasteiger partial charge >= 0.3 is 0 Å². The van der Waals surface area contributed by atoms with Crippen molar-refractivity contribution in [3.8, 4) is 0 Å². The van der Waals surface area contributed by atoms with Gasteiger partial charge in [0, 0.05) is 24.2 Å². The molecule has 1 aliphatic heterocycles. The van der Waals surface area contributed by atoms with Crippen LogP contribution in [0, 0.1) is 5.92 Å². The maximum atomic E-state index is 4.49. The molecule has 2 atom stereocenters. The first-order valence-electron chi connectivity index (χ1n) is 7.07. The van der Waals surface area contributed by atoms with Gasteiger partial charge in [-0.05, 0) is 31.8 Å². The molecule has 1 saturated heterocycles. The van der Waals surface area contributed by atoms with Crippen LogP contribution in [0.4, 0.5) is 0 Å². The first-order chi connectivity index (χ1) is 8.70. The molecule has 102 valence electrons. The molecule has 2 rings (SSSR count). The molecule has 0 saturated carbocycles. The van der Waals surface area contributed by atoms with Crippen molar-refractivity contribution in [2.75, 3.05) is 19.6 Å². The third kappa shape index (κ3) is 3.53. The average Bonchev–Trinajstić information content (AvgIpc) is 2.99. The number of likely N-dealkylation sites (tertiary alicyclic amines) is 1. The molecule has 0 spiro atoms. The number of rotatable bonds is 6. The Hall–Kier alpha value is -0.450. The Kier molecular flexibility index (Phi) is 5.15. The molecule has 0 aromatic carbocycles. The highest BCUT2D eigenvalue weighted by Crippen LogP contribution is 2.30. The molecular formula is C14H25N3S. The number of aromatic nitrogens is 1. The van der Waals surface area contributed by atoms with E-state index < -0.39 is 0 Å². The zero-order chi connectivity index (χ0) is 13.0. The molecule has 1 aromatic rings.